The second-order valence-corrected chi connectivity index (χ2v) is 6.89. The standard InChI is InChI=1S/C17H15N3O3S2/c1-11(21)18-9-12-4-6-15(23-12)14-10-25-17(19-14)20-16(22)7-5-13-3-2-8-24-13/h2-8,10H,9H2,1H3,(H,18,21)(H,19,20,22). The Morgan fingerprint density at radius 2 is 2.16 bits per heavy atom. The molecule has 3 heterocycles. The number of aromatic nitrogens is 1. The van der Waals surface area contributed by atoms with E-state index in [1.165, 1.54) is 24.3 Å². The van der Waals surface area contributed by atoms with Gasteiger partial charge in [-0.05, 0) is 29.7 Å². The van der Waals surface area contributed by atoms with Crippen molar-refractivity contribution in [2.45, 2.75) is 13.5 Å². The summed E-state index contributed by atoms with van der Waals surface area (Å²) in [5.41, 5.74) is 0.636. The fraction of sp³-hybridized carbons (Fsp3) is 0.118. The highest BCUT2D eigenvalue weighted by atomic mass is 32.1. The molecule has 0 aromatic carbocycles. The molecule has 0 saturated carbocycles. The molecule has 2 amide bonds. The van der Waals surface area contributed by atoms with E-state index >= 15 is 0 Å². The highest BCUT2D eigenvalue weighted by Crippen LogP contribution is 2.26. The maximum absolute atomic E-state index is 11.9. The van der Waals surface area contributed by atoms with Gasteiger partial charge in [-0.3, -0.25) is 14.9 Å². The number of hydrogen-bond acceptors (Lipinski definition) is 6. The molecule has 2 N–H and O–H groups in total. The number of thiazole rings is 1. The lowest BCUT2D eigenvalue weighted by molar-refractivity contribution is -0.119. The summed E-state index contributed by atoms with van der Waals surface area (Å²) in [6.45, 7) is 1.78. The number of carbonyl (C=O) groups excluding carboxylic acids is 2. The molecular weight excluding hydrogens is 358 g/mol. The molecule has 128 valence electrons. The van der Waals surface area contributed by atoms with Crippen LogP contribution >= 0.6 is 22.7 Å². The molecule has 3 aromatic rings. The summed E-state index contributed by atoms with van der Waals surface area (Å²) >= 11 is 2.88. The lowest BCUT2D eigenvalue weighted by Crippen LogP contribution is -2.18. The number of nitrogens with zero attached hydrogens (tertiary/aromatic N) is 1. The van der Waals surface area contributed by atoms with E-state index in [1.54, 1.807) is 34.9 Å². The Morgan fingerprint density at radius 1 is 1.28 bits per heavy atom. The van der Waals surface area contributed by atoms with Crippen LogP contribution in [0.5, 0.6) is 0 Å². The monoisotopic (exact) mass is 373 g/mol. The van der Waals surface area contributed by atoms with Gasteiger partial charge >= 0.3 is 0 Å². The molecule has 0 aliphatic heterocycles. The summed E-state index contributed by atoms with van der Waals surface area (Å²) in [6.07, 6.45) is 3.24. The molecule has 0 bridgehead atoms. The topological polar surface area (TPSA) is 84.2 Å². The SMILES string of the molecule is CC(=O)NCc1ccc(-c2csc(NC(=O)C=Cc3cccs3)n2)o1. The van der Waals surface area contributed by atoms with Crippen molar-refractivity contribution in [1.82, 2.24) is 10.3 Å². The van der Waals surface area contributed by atoms with Crippen LogP contribution in [-0.4, -0.2) is 16.8 Å². The first-order valence-electron chi connectivity index (χ1n) is 7.42. The fourth-order valence-corrected chi connectivity index (χ4v) is 3.28. The number of rotatable bonds is 6. The predicted octanol–water partition coefficient (Wildman–Crippen LogP) is 3.75. The van der Waals surface area contributed by atoms with E-state index in [9.17, 15) is 9.59 Å². The van der Waals surface area contributed by atoms with Crippen molar-refractivity contribution in [3.05, 3.63) is 51.7 Å². The molecule has 3 rings (SSSR count). The van der Waals surface area contributed by atoms with Gasteiger partial charge in [-0.25, -0.2) is 4.98 Å². The van der Waals surface area contributed by atoms with Crippen LogP contribution in [0.2, 0.25) is 0 Å². The molecule has 0 unspecified atom stereocenters. The summed E-state index contributed by atoms with van der Waals surface area (Å²) in [5, 5.41) is 9.65. The largest absolute Gasteiger partial charge is 0.458 e. The van der Waals surface area contributed by atoms with Crippen LogP contribution in [0.1, 0.15) is 17.6 Å². The number of furan rings is 1. The van der Waals surface area contributed by atoms with E-state index in [-0.39, 0.29) is 11.8 Å². The maximum atomic E-state index is 11.9. The van der Waals surface area contributed by atoms with Crippen LogP contribution in [-0.2, 0) is 16.1 Å². The first-order valence-corrected chi connectivity index (χ1v) is 9.18. The van der Waals surface area contributed by atoms with Crippen molar-refractivity contribution in [2.75, 3.05) is 5.32 Å². The van der Waals surface area contributed by atoms with Crippen molar-refractivity contribution >= 4 is 45.7 Å². The average Bonchev–Trinajstić information content (AvgIpc) is 3.32. The molecule has 0 spiro atoms. The third-order valence-corrected chi connectivity index (χ3v) is 4.70. The normalized spacial score (nSPS) is 10.9. The van der Waals surface area contributed by atoms with Gasteiger partial charge in [0.1, 0.15) is 11.5 Å². The second-order valence-electron chi connectivity index (χ2n) is 5.05. The highest BCUT2D eigenvalue weighted by molar-refractivity contribution is 7.14. The molecule has 0 radical (unpaired) electrons. The number of thiophene rings is 1. The van der Waals surface area contributed by atoms with E-state index in [4.69, 9.17) is 4.42 Å². The van der Waals surface area contributed by atoms with Crippen LogP contribution in [0.15, 0.2) is 45.5 Å². The van der Waals surface area contributed by atoms with E-state index in [0.29, 0.717) is 28.9 Å². The summed E-state index contributed by atoms with van der Waals surface area (Å²) < 4.78 is 5.64. The number of hydrogen-bond donors (Lipinski definition) is 2. The summed E-state index contributed by atoms with van der Waals surface area (Å²) in [7, 11) is 0. The number of anilines is 1. The smallest absolute Gasteiger partial charge is 0.250 e. The average molecular weight is 373 g/mol. The van der Waals surface area contributed by atoms with Gasteiger partial charge in [0.2, 0.25) is 11.8 Å². The first-order chi connectivity index (χ1) is 12.1. The molecule has 6 nitrogen and oxygen atoms in total. The quantitative estimate of drug-likeness (QED) is 0.645. The van der Waals surface area contributed by atoms with Crippen LogP contribution < -0.4 is 10.6 Å². The fourth-order valence-electron chi connectivity index (χ4n) is 1.96. The van der Waals surface area contributed by atoms with Gasteiger partial charge in [-0.15, -0.1) is 22.7 Å². The molecule has 0 atom stereocenters. The molecule has 3 aromatic heterocycles. The lowest BCUT2D eigenvalue weighted by Gasteiger charge is -1.97. The summed E-state index contributed by atoms with van der Waals surface area (Å²) in [6, 6.07) is 7.44. The molecular formula is C17H15N3O3S2. The lowest BCUT2D eigenvalue weighted by atomic mass is 10.3. The third-order valence-electron chi connectivity index (χ3n) is 3.10. The van der Waals surface area contributed by atoms with Gasteiger partial charge in [0.05, 0.1) is 6.54 Å². The second kappa shape index (κ2) is 7.91. The van der Waals surface area contributed by atoms with Crippen molar-refractivity contribution in [3.8, 4) is 11.5 Å². The van der Waals surface area contributed by atoms with Crippen molar-refractivity contribution < 1.29 is 14.0 Å². The molecule has 0 saturated heterocycles. The molecule has 0 fully saturated rings. The van der Waals surface area contributed by atoms with Gasteiger partial charge < -0.3 is 9.73 Å². The molecule has 25 heavy (non-hydrogen) atoms. The Labute approximate surface area is 152 Å². The van der Waals surface area contributed by atoms with E-state index < -0.39 is 0 Å². The van der Waals surface area contributed by atoms with E-state index in [1.807, 2.05) is 17.5 Å². The van der Waals surface area contributed by atoms with E-state index in [0.717, 1.165) is 4.88 Å². The van der Waals surface area contributed by atoms with Crippen molar-refractivity contribution in [3.63, 3.8) is 0 Å². The predicted molar refractivity (Wildman–Crippen MR) is 99.3 cm³/mol. The minimum Gasteiger partial charge on any atom is -0.458 e. The third kappa shape index (κ3) is 4.88. The Morgan fingerprint density at radius 3 is 2.92 bits per heavy atom. The van der Waals surface area contributed by atoms with Crippen LogP contribution in [0, 0.1) is 0 Å². The van der Waals surface area contributed by atoms with Gasteiger partial charge in [0.25, 0.3) is 0 Å². The van der Waals surface area contributed by atoms with Gasteiger partial charge in [0, 0.05) is 23.3 Å². The minimum absolute atomic E-state index is 0.118. The van der Waals surface area contributed by atoms with E-state index in [2.05, 4.69) is 15.6 Å². The van der Waals surface area contributed by atoms with Gasteiger partial charge in [-0.2, -0.15) is 0 Å². The van der Waals surface area contributed by atoms with Crippen molar-refractivity contribution in [2.24, 2.45) is 0 Å². The van der Waals surface area contributed by atoms with Gasteiger partial charge in [0.15, 0.2) is 10.9 Å². The zero-order chi connectivity index (χ0) is 17.6. The number of amides is 2. The van der Waals surface area contributed by atoms with Crippen LogP contribution in [0.4, 0.5) is 5.13 Å². The summed E-state index contributed by atoms with van der Waals surface area (Å²) in [4.78, 5) is 28.2. The summed E-state index contributed by atoms with van der Waals surface area (Å²) in [5.74, 6) is 0.876. The van der Waals surface area contributed by atoms with Crippen LogP contribution in [0.3, 0.4) is 0 Å². The van der Waals surface area contributed by atoms with Crippen LogP contribution in [0.25, 0.3) is 17.5 Å². The molecule has 8 heteroatoms. The first kappa shape index (κ1) is 17.1. The Kier molecular flexibility index (Phi) is 5.42. The number of carbonyl (C=O) groups is 2. The Hall–Kier alpha value is -2.71. The zero-order valence-corrected chi connectivity index (χ0v) is 14.9. The molecule has 0 aliphatic rings. The molecule has 0 aliphatic carbocycles. The number of nitrogens with one attached hydrogen (secondary N) is 2. The highest BCUT2D eigenvalue weighted by Gasteiger charge is 2.10. The zero-order valence-electron chi connectivity index (χ0n) is 13.3. The minimum atomic E-state index is -0.236. The Balaban J connectivity index is 1.60. The maximum Gasteiger partial charge on any atom is 0.250 e. The van der Waals surface area contributed by atoms with Gasteiger partial charge in [-0.1, -0.05) is 6.07 Å². The Bertz CT molecular complexity index is 894. The van der Waals surface area contributed by atoms with Crippen molar-refractivity contribution in [1.29, 1.82) is 0 Å².